The number of hydrogen-bond acceptors (Lipinski definition) is 4. The zero-order chi connectivity index (χ0) is 15.4. The Morgan fingerprint density at radius 2 is 1.95 bits per heavy atom. The van der Waals surface area contributed by atoms with E-state index in [-0.39, 0.29) is 23.5 Å². The van der Waals surface area contributed by atoms with E-state index in [0.29, 0.717) is 18.8 Å². The molecule has 4 nitrogen and oxygen atoms in total. The van der Waals surface area contributed by atoms with Crippen LogP contribution in [0.3, 0.4) is 0 Å². The van der Waals surface area contributed by atoms with Crippen LogP contribution < -0.4 is 0 Å². The van der Waals surface area contributed by atoms with Gasteiger partial charge < -0.3 is 10.2 Å². The van der Waals surface area contributed by atoms with Crippen LogP contribution in [-0.4, -0.2) is 27.9 Å². The van der Waals surface area contributed by atoms with Crippen LogP contribution in [0.4, 0.5) is 0 Å². The van der Waals surface area contributed by atoms with Crippen LogP contribution in [0.2, 0.25) is 0 Å². The molecule has 0 amide bonds. The van der Waals surface area contributed by atoms with Gasteiger partial charge in [0.15, 0.2) is 11.6 Å². The lowest BCUT2D eigenvalue weighted by atomic mass is 9.99. The zero-order valence-electron chi connectivity index (χ0n) is 12.6. The topological polar surface area (TPSA) is 74.6 Å². The third-order valence-electron chi connectivity index (χ3n) is 3.51. The highest BCUT2D eigenvalue weighted by atomic mass is 16.3. The Morgan fingerprint density at radius 3 is 2.45 bits per heavy atom. The number of allylic oxidation sites excluding steroid dienone is 2. The van der Waals surface area contributed by atoms with E-state index >= 15 is 0 Å². The molecule has 0 heterocycles. The summed E-state index contributed by atoms with van der Waals surface area (Å²) in [7, 11) is 0. The molecule has 2 N–H and O–H groups in total. The predicted molar refractivity (Wildman–Crippen MR) is 77.3 cm³/mol. The molecule has 4 heteroatoms. The first-order valence-electron chi connectivity index (χ1n) is 7.07. The van der Waals surface area contributed by atoms with Gasteiger partial charge >= 0.3 is 0 Å². The first-order valence-corrected chi connectivity index (χ1v) is 7.07. The lowest BCUT2D eigenvalue weighted by Gasteiger charge is -2.11. The summed E-state index contributed by atoms with van der Waals surface area (Å²) in [5.74, 6) is -1.57. The maximum atomic E-state index is 12.0. The van der Waals surface area contributed by atoms with Crippen molar-refractivity contribution in [3.63, 3.8) is 0 Å². The summed E-state index contributed by atoms with van der Waals surface area (Å²) in [6, 6.07) is 0. The predicted octanol–water partition coefficient (Wildman–Crippen LogP) is 2.72. The third kappa shape index (κ3) is 3.79. The summed E-state index contributed by atoms with van der Waals surface area (Å²) < 4.78 is 0. The van der Waals surface area contributed by atoms with Crippen molar-refractivity contribution in [1.29, 1.82) is 0 Å². The number of hydrogen-bond donors (Lipinski definition) is 2. The minimum atomic E-state index is -1.30. The molecule has 2 atom stereocenters. The molecule has 0 spiro atoms. The molecule has 0 aromatic heterocycles. The van der Waals surface area contributed by atoms with Gasteiger partial charge in [0.05, 0.1) is 5.92 Å². The second-order valence-electron chi connectivity index (χ2n) is 6.05. The van der Waals surface area contributed by atoms with Gasteiger partial charge in [-0.3, -0.25) is 9.59 Å². The maximum Gasteiger partial charge on any atom is 0.199 e. The Labute approximate surface area is 120 Å². The quantitative estimate of drug-likeness (QED) is 0.579. The Hall–Kier alpha value is -1.42. The molecule has 1 rings (SSSR count). The Kier molecular flexibility index (Phi) is 5.69. The van der Waals surface area contributed by atoms with Crippen LogP contribution in [0.5, 0.6) is 0 Å². The molecule has 1 aliphatic rings. The number of Topliss-reactive ketones (excluding diaryl/α,β-unsaturated/α-hetero) is 2. The fourth-order valence-corrected chi connectivity index (χ4v) is 2.22. The average molecular weight is 280 g/mol. The molecular weight excluding hydrogens is 256 g/mol. The monoisotopic (exact) mass is 280 g/mol. The molecule has 20 heavy (non-hydrogen) atoms. The Balaban J connectivity index is 2.90. The highest BCUT2D eigenvalue weighted by Crippen LogP contribution is 2.32. The molecule has 0 bridgehead atoms. The normalized spacial score (nSPS) is 22.6. The SMILES string of the molecule is CC(C)=CCC1C(O)=C(C(=O)CCC(C)C)C(=O)C1O. The van der Waals surface area contributed by atoms with Crippen molar-refractivity contribution in [2.24, 2.45) is 11.8 Å². The Morgan fingerprint density at radius 1 is 1.35 bits per heavy atom. The molecule has 0 aliphatic heterocycles. The number of ketones is 2. The van der Waals surface area contributed by atoms with Crippen LogP contribution in [0.15, 0.2) is 23.0 Å². The highest BCUT2D eigenvalue weighted by Gasteiger charge is 2.43. The number of rotatable bonds is 6. The van der Waals surface area contributed by atoms with Gasteiger partial charge in [0.1, 0.15) is 17.4 Å². The second-order valence-corrected chi connectivity index (χ2v) is 6.05. The summed E-state index contributed by atoms with van der Waals surface area (Å²) in [4.78, 5) is 24.0. The van der Waals surface area contributed by atoms with E-state index in [9.17, 15) is 19.8 Å². The molecular formula is C16H24O4. The third-order valence-corrected chi connectivity index (χ3v) is 3.51. The van der Waals surface area contributed by atoms with E-state index in [0.717, 1.165) is 5.57 Å². The van der Waals surface area contributed by atoms with Gasteiger partial charge in [-0.1, -0.05) is 25.5 Å². The largest absolute Gasteiger partial charge is 0.511 e. The molecule has 0 saturated carbocycles. The summed E-state index contributed by atoms with van der Waals surface area (Å²) in [5, 5.41) is 20.0. The van der Waals surface area contributed by atoms with Gasteiger partial charge in [-0.05, 0) is 32.6 Å². The number of carbonyl (C=O) groups excluding carboxylic acids is 2. The minimum absolute atomic E-state index is 0.190. The summed E-state index contributed by atoms with van der Waals surface area (Å²) in [6.45, 7) is 7.78. The van der Waals surface area contributed by atoms with E-state index in [1.165, 1.54) is 0 Å². The lowest BCUT2D eigenvalue weighted by molar-refractivity contribution is -0.126. The smallest absolute Gasteiger partial charge is 0.199 e. The first kappa shape index (κ1) is 16.6. The number of aliphatic hydroxyl groups excluding tert-OH is 2. The molecule has 0 radical (unpaired) electrons. The van der Waals surface area contributed by atoms with E-state index < -0.39 is 17.8 Å². The van der Waals surface area contributed by atoms with Crippen molar-refractivity contribution in [3.8, 4) is 0 Å². The Bertz CT molecular complexity index is 453. The number of aliphatic hydroxyl groups is 2. The standard InChI is InChI=1S/C16H24O4/c1-9(2)5-7-11-14(18)13(16(20)15(11)19)12(17)8-6-10(3)4/h5,10-11,15,18-19H,6-8H2,1-4H3. The lowest BCUT2D eigenvalue weighted by Crippen LogP contribution is -2.25. The van der Waals surface area contributed by atoms with Crippen LogP contribution in [0.25, 0.3) is 0 Å². The summed E-state index contributed by atoms with van der Waals surface area (Å²) in [5.41, 5.74) is 0.849. The van der Waals surface area contributed by atoms with Gasteiger partial charge in [0.25, 0.3) is 0 Å². The van der Waals surface area contributed by atoms with E-state index in [2.05, 4.69) is 0 Å². The first-order chi connectivity index (χ1) is 9.25. The van der Waals surface area contributed by atoms with Crippen LogP contribution in [0, 0.1) is 11.8 Å². The van der Waals surface area contributed by atoms with Crippen molar-refractivity contribution in [2.45, 2.75) is 53.1 Å². The van der Waals surface area contributed by atoms with E-state index in [4.69, 9.17) is 0 Å². The highest BCUT2D eigenvalue weighted by molar-refractivity contribution is 6.23. The van der Waals surface area contributed by atoms with Gasteiger partial charge in [-0.15, -0.1) is 0 Å². The van der Waals surface area contributed by atoms with E-state index in [1.807, 2.05) is 33.8 Å². The second kappa shape index (κ2) is 6.84. The molecule has 0 saturated heterocycles. The number of carbonyl (C=O) groups is 2. The molecule has 0 aromatic rings. The maximum absolute atomic E-state index is 12.0. The van der Waals surface area contributed by atoms with Crippen molar-refractivity contribution in [1.82, 2.24) is 0 Å². The van der Waals surface area contributed by atoms with Crippen molar-refractivity contribution < 1.29 is 19.8 Å². The average Bonchev–Trinajstić information content (AvgIpc) is 2.55. The molecule has 1 aliphatic carbocycles. The van der Waals surface area contributed by atoms with Gasteiger partial charge in [0.2, 0.25) is 0 Å². The fourth-order valence-electron chi connectivity index (χ4n) is 2.22. The summed E-state index contributed by atoms with van der Waals surface area (Å²) in [6.07, 6.45) is 1.80. The van der Waals surface area contributed by atoms with Crippen molar-refractivity contribution >= 4 is 11.6 Å². The minimum Gasteiger partial charge on any atom is -0.511 e. The van der Waals surface area contributed by atoms with Crippen LogP contribution in [0.1, 0.15) is 47.0 Å². The molecule has 0 aromatic carbocycles. The fraction of sp³-hybridized carbons (Fsp3) is 0.625. The molecule has 2 unspecified atom stereocenters. The van der Waals surface area contributed by atoms with Crippen molar-refractivity contribution in [2.75, 3.05) is 0 Å². The zero-order valence-corrected chi connectivity index (χ0v) is 12.6. The van der Waals surface area contributed by atoms with Gasteiger partial charge in [0, 0.05) is 6.42 Å². The van der Waals surface area contributed by atoms with Gasteiger partial charge in [-0.25, -0.2) is 0 Å². The molecule has 0 fully saturated rings. The van der Waals surface area contributed by atoms with Crippen LogP contribution in [-0.2, 0) is 9.59 Å². The van der Waals surface area contributed by atoms with Crippen molar-refractivity contribution in [3.05, 3.63) is 23.0 Å². The summed E-state index contributed by atoms with van der Waals surface area (Å²) >= 11 is 0. The van der Waals surface area contributed by atoms with Gasteiger partial charge in [-0.2, -0.15) is 0 Å². The molecule has 112 valence electrons. The van der Waals surface area contributed by atoms with Crippen LogP contribution >= 0.6 is 0 Å². The van der Waals surface area contributed by atoms with E-state index in [1.54, 1.807) is 0 Å².